The van der Waals surface area contributed by atoms with Crippen LogP contribution in [-0.2, 0) is 37.5 Å². The molecule has 0 saturated carbocycles. The Morgan fingerprint density at radius 2 is 1.11 bits per heavy atom. The molecule has 1 unspecified atom stereocenters. The zero-order valence-corrected chi connectivity index (χ0v) is 35.9. The number of esters is 2. The van der Waals surface area contributed by atoms with Gasteiger partial charge in [-0.15, -0.1) is 0 Å². The fourth-order valence-corrected chi connectivity index (χ4v) is 6.14. The Kier molecular flexibility index (Phi) is 36.7. The fraction of sp³-hybridized carbons (Fsp3) is 0.705. The monoisotopic (exact) mass is 826 g/mol. The number of aliphatic hydroxyl groups excluding tert-OH is 1. The van der Waals surface area contributed by atoms with Gasteiger partial charge in [0.1, 0.15) is 12.6 Å². The number of nitrogens with two attached hydrogens (primary N) is 1. The quantitative estimate of drug-likeness (QED) is 0.0199. The Morgan fingerprint density at radius 1 is 0.614 bits per heavy atom. The molecule has 0 aromatic rings. The van der Waals surface area contributed by atoms with Crippen molar-refractivity contribution < 1.29 is 52.6 Å². The van der Waals surface area contributed by atoms with Crippen molar-refractivity contribution in [3.8, 4) is 0 Å². The highest BCUT2D eigenvalue weighted by molar-refractivity contribution is 7.47. The van der Waals surface area contributed by atoms with Crippen molar-refractivity contribution in [3.05, 3.63) is 60.8 Å². The number of ether oxygens (including phenoxy) is 2. The standard InChI is InChI=1S/C44H76NO11P/c1-3-5-7-8-9-10-11-12-13-14-18-21-24-27-30-34-42(47)53-36-40(37-54-57(51,52)55-38-41(45)44(49)50)56-43(48)35-31-28-25-22-19-16-15-17-20-23-26-29-33-39(46)32-6-4-2/h12-13,15-16,20,22-23,25,29,33,39-41,46H,3-11,14,17-19,21,24,26-28,30-32,34-38,45H2,1-2H3,(H,49,50)(H,51,52)/b13-12-,16-15-,23-20-,25-22-,33-29-/t39-,40-,41+/m1/s1. The number of hydrogen-bond donors (Lipinski definition) is 4. The van der Waals surface area contributed by atoms with Crippen LogP contribution < -0.4 is 5.73 Å². The molecule has 0 aliphatic carbocycles. The normalized spacial score (nSPS) is 14.9. The molecule has 0 aliphatic rings. The second-order valence-corrected chi connectivity index (χ2v) is 15.7. The number of carboxylic acids is 1. The maximum absolute atomic E-state index is 12.6. The zero-order chi connectivity index (χ0) is 42.2. The molecule has 57 heavy (non-hydrogen) atoms. The molecule has 0 fully saturated rings. The van der Waals surface area contributed by atoms with Crippen molar-refractivity contribution in [2.75, 3.05) is 19.8 Å². The average Bonchev–Trinajstić information content (AvgIpc) is 3.18. The van der Waals surface area contributed by atoms with Gasteiger partial charge in [0.2, 0.25) is 0 Å². The minimum absolute atomic E-state index is 0.0646. The smallest absolute Gasteiger partial charge is 0.472 e. The number of carboxylic acid groups (broad SMARTS) is 1. The molecule has 4 atom stereocenters. The highest BCUT2D eigenvalue weighted by Crippen LogP contribution is 2.43. The van der Waals surface area contributed by atoms with Crippen LogP contribution in [0.15, 0.2) is 60.8 Å². The third-order valence-electron chi connectivity index (χ3n) is 8.81. The Hall–Kier alpha value is -2.86. The molecule has 0 aliphatic heterocycles. The van der Waals surface area contributed by atoms with E-state index in [1.807, 2.05) is 24.3 Å². The summed E-state index contributed by atoms with van der Waals surface area (Å²) in [6.07, 6.45) is 40.6. The summed E-state index contributed by atoms with van der Waals surface area (Å²) in [7, 11) is -4.74. The van der Waals surface area contributed by atoms with Crippen LogP contribution >= 0.6 is 7.82 Å². The van der Waals surface area contributed by atoms with Crippen LogP contribution in [0.25, 0.3) is 0 Å². The highest BCUT2D eigenvalue weighted by atomic mass is 31.2. The van der Waals surface area contributed by atoms with Gasteiger partial charge < -0.3 is 30.3 Å². The van der Waals surface area contributed by atoms with E-state index >= 15 is 0 Å². The van der Waals surface area contributed by atoms with Crippen LogP contribution in [0.1, 0.15) is 162 Å². The number of phosphoric ester groups is 1. The van der Waals surface area contributed by atoms with Gasteiger partial charge in [0.05, 0.1) is 19.3 Å². The van der Waals surface area contributed by atoms with E-state index in [9.17, 15) is 28.9 Å². The number of hydrogen-bond acceptors (Lipinski definition) is 10. The lowest BCUT2D eigenvalue weighted by molar-refractivity contribution is -0.161. The molecule has 0 amide bonds. The van der Waals surface area contributed by atoms with Crippen LogP contribution in [0.2, 0.25) is 0 Å². The van der Waals surface area contributed by atoms with E-state index in [-0.39, 0.29) is 25.6 Å². The molecule has 0 heterocycles. The van der Waals surface area contributed by atoms with Gasteiger partial charge in [-0.25, -0.2) is 4.57 Å². The van der Waals surface area contributed by atoms with Gasteiger partial charge in [-0.1, -0.05) is 139 Å². The summed E-state index contributed by atoms with van der Waals surface area (Å²) in [5.74, 6) is -2.50. The number of allylic oxidation sites excluding steroid dienone is 9. The summed E-state index contributed by atoms with van der Waals surface area (Å²) in [6, 6.07) is -1.54. The number of phosphoric acid groups is 1. The molecule has 0 bridgehead atoms. The number of unbranched alkanes of at least 4 members (excludes halogenated alkanes) is 13. The van der Waals surface area contributed by atoms with Gasteiger partial charge in [-0.2, -0.15) is 0 Å². The SMILES string of the molecule is CCCCCCCC/C=C\CCCCCCCC(=O)OC[C@H](COP(=O)(O)OC[C@H](N)C(=O)O)OC(=O)CCC/C=C\C/C=C\C/C=C\C/C=C\[C@H](O)CCCC. The highest BCUT2D eigenvalue weighted by Gasteiger charge is 2.28. The first kappa shape index (κ1) is 54.1. The Morgan fingerprint density at radius 3 is 1.72 bits per heavy atom. The van der Waals surface area contributed by atoms with Crippen molar-refractivity contribution >= 4 is 25.7 Å². The predicted octanol–water partition coefficient (Wildman–Crippen LogP) is 10.1. The average molecular weight is 826 g/mol. The topological polar surface area (TPSA) is 192 Å². The Bertz CT molecular complexity index is 1220. The molecule has 0 saturated heterocycles. The fourth-order valence-electron chi connectivity index (χ4n) is 5.36. The Balaban J connectivity index is 4.53. The minimum atomic E-state index is -4.74. The second-order valence-electron chi connectivity index (χ2n) is 14.3. The second kappa shape index (κ2) is 38.6. The van der Waals surface area contributed by atoms with Crippen LogP contribution in [0.4, 0.5) is 0 Å². The van der Waals surface area contributed by atoms with E-state index in [0.717, 1.165) is 77.0 Å². The minimum Gasteiger partial charge on any atom is -0.480 e. The molecule has 0 radical (unpaired) electrons. The van der Waals surface area contributed by atoms with Crippen molar-refractivity contribution in [2.45, 2.75) is 180 Å². The van der Waals surface area contributed by atoms with Crippen LogP contribution in [-0.4, -0.2) is 71.1 Å². The summed E-state index contributed by atoms with van der Waals surface area (Å²) in [4.78, 5) is 45.9. The molecular formula is C44H76NO11P. The first-order valence-electron chi connectivity index (χ1n) is 21.4. The molecule has 0 spiro atoms. The maximum Gasteiger partial charge on any atom is 0.472 e. The van der Waals surface area contributed by atoms with Crippen molar-refractivity contribution in [2.24, 2.45) is 5.73 Å². The van der Waals surface area contributed by atoms with E-state index in [2.05, 4.69) is 54.8 Å². The van der Waals surface area contributed by atoms with Crippen LogP contribution in [0.5, 0.6) is 0 Å². The van der Waals surface area contributed by atoms with E-state index in [1.54, 1.807) is 0 Å². The molecule has 328 valence electrons. The lowest BCUT2D eigenvalue weighted by Crippen LogP contribution is -2.34. The predicted molar refractivity (Wildman–Crippen MR) is 227 cm³/mol. The van der Waals surface area contributed by atoms with Gasteiger partial charge in [0, 0.05) is 12.8 Å². The van der Waals surface area contributed by atoms with Gasteiger partial charge in [0.15, 0.2) is 6.10 Å². The molecular weight excluding hydrogens is 749 g/mol. The molecule has 0 rings (SSSR count). The van der Waals surface area contributed by atoms with Crippen molar-refractivity contribution in [1.82, 2.24) is 0 Å². The van der Waals surface area contributed by atoms with E-state index in [0.29, 0.717) is 19.3 Å². The molecule has 0 aromatic carbocycles. The van der Waals surface area contributed by atoms with Crippen molar-refractivity contribution in [1.29, 1.82) is 0 Å². The van der Waals surface area contributed by atoms with Gasteiger partial charge in [-0.05, 0) is 70.6 Å². The molecule has 12 nitrogen and oxygen atoms in total. The largest absolute Gasteiger partial charge is 0.480 e. The maximum atomic E-state index is 12.6. The number of carbonyl (C=O) groups excluding carboxylic acids is 2. The van der Waals surface area contributed by atoms with E-state index in [4.69, 9.17) is 24.8 Å². The third-order valence-corrected chi connectivity index (χ3v) is 9.76. The first-order valence-corrected chi connectivity index (χ1v) is 22.9. The third kappa shape index (κ3) is 38.4. The van der Waals surface area contributed by atoms with Gasteiger partial charge in [0.25, 0.3) is 0 Å². The molecule has 0 aromatic heterocycles. The summed E-state index contributed by atoms with van der Waals surface area (Å²) in [5.41, 5.74) is 5.32. The number of rotatable bonds is 39. The van der Waals surface area contributed by atoms with Crippen LogP contribution in [0.3, 0.4) is 0 Å². The number of aliphatic hydroxyl groups is 1. The van der Waals surface area contributed by atoms with Crippen LogP contribution in [0, 0.1) is 0 Å². The molecule has 13 heteroatoms. The zero-order valence-electron chi connectivity index (χ0n) is 35.0. The van der Waals surface area contributed by atoms with E-state index in [1.165, 1.54) is 38.5 Å². The summed E-state index contributed by atoms with van der Waals surface area (Å²) >= 11 is 0. The number of carbonyl (C=O) groups is 3. The Labute approximate surface area is 343 Å². The summed E-state index contributed by atoms with van der Waals surface area (Å²) < 4.78 is 32.6. The summed E-state index contributed by atoms with van der Waals surface area (Å²) in [6.45, 7) is 2.56. The van der Waals surface area contributed by atoms with E-state index < -0.39 is 51.1 Å². The first-order chi connectivity index (χ1) is 27.5. The molecule has 5 N–H and O–H groups in total. The number of aliphatic carboxylic acids is 1. The lowest BCUT2D eigenvalue weighted by Gasteiger charge is -2.20. The summed E-state index contributed by atoms with van der Waals surface area (Å²) in [5, 5.41) is 18.7. The van der Waals surface area contributed by atoms with Crippen molar-refractivity contribution in [3.63, 3.8) is 0 Å². The van der Waals surface area contributed by atoms with Gasteiger partial charge in [-0.3, -0.25) is 23.4 Å². The van der Waals surface area contributed by atoms with Gasteiger partial charge >= 0.3 is 25.7 Å². The lowest BCUT2D eigenvalue weighted by atomic mass is 10.1.